The Labute approximate surface area is 163 Å². The van der Waals surface area contributed by atoms with E-state index in [0.29, 0.717) is 5.75 Å². The first kappa shape index (κ1) is 20.7. The lowest BCUT2D eigenvalue weighted by Gasteiger charge is -2.36. The molecule has 6 nitrogen and oxygen atoms in total. The Morgan fingerprint density at radius 3 is 2.61 bits per heavy atom. The summed E-state index contributed by atoms with van der Waals surface area (Å²) in [6.07, 6.45) is 1.09. The number of aryl methyl sites for hydroxylation is 1. The van der Waals surface area contributed by atoms with E-state index in [1.807, 2.05) is 25.1 Å². The summed E-state index contributed by atoms with van der Waals surface area (Å²) in [4.78, 5) is 0. The number of hydrogen-bond donors (Lipinski definition) is 1. The van der Waals surface area contributed by atoms with Gasteiger partial charge < -0.3 is 4.74 Å². The van der Waals surface area contributed by atoms with Gasteiger partial charge in [-0.05, 0) is 50.6 Å². The van der Waals surface area contributed by atoms with Gasteiger partial charge in [-0.3, -0.25) is 0 Å². The van der Waals surface area contributed by atoms with Gasteiger partial charge in [0.15, 0.2) is 0 Å². The highest BCUT2D eigenvalue weighted by Crippen LogP contribution is 2.37. The molecule has 1 N–H and O–H groups in total. The van der Waals surface area contributed by atoms with Crippen LogP contribution in [0.25, 0.3) is 5.69 Å². The van der Waals surface area contributed by atoms with E-state index in [0.717, 1.165) is 11.4 Å². The third kappa shape index (κ3) is 5.08. The third-order valence-electron chi connectivity index (χ3n) is 5.04. The van der Waals surface area contributed by atoms with Crippen molar-refractivity contribution in [1.29, 1.82) is 0 Å². The molecule has 2 unspecified atom stereocenters. The Kier molecular flexibility index (Phi) is 6.04. The molecule has 0 amide bonds. The molecule has 3 rings (SSSR count). The molecular formula is C19H25F2N3O3S. The van der Waals surface area contributed by atoms with Gasteiger partial charge in [-0.1, -0.05) is 0 Å². The average Bonchev–Trinajstić information content (AvgIpc) is 3.08. The monoisotopic (exact) mass is 413 g/mol. The second-order valence-corrected chi connectivity index (χ2v) is 9.22. The summed E-state index contributed by atoms with van der Waals surface area (Å²) < 4.78 is 61.6. The number of sulfonamides is 1. The minimum absolute atomic E-state index is 0.0205. The van der Waals surface area contributed by atoms with Gasteiger partial charge in [0.2, 0.25) is 15.9 Å². The van der Waals surface area contributed by atoms with Crippen molar-refractivity contribution >= 4 is 10.0 Å². The lowest BCUT2D eigenvalue weighted by molar-refractivity contribution is -0.0660. The minimum Gasteiger partial charge on any atom is -0.493 e. The Hall–Kier alpha value is -2.00. The van der Waals surface area contributed by atoms with E-state index < -0.39 is 34.3 Å². The molecule has 1 fully saturated rings. The van der Waals surface area contributed by atoms with Crippen molar-refractivity contribution in [3.05, 3.63) is 42.2 Å². The quantitative estimate of drug-likeness (QED) is 0.756. The third-order valence-corrected chi connectivity index (χ3v) is 6.46. The largest absolute Gasteiger partial charge is 0.493 e. The van der Waals surface area contributed by atoms with E-state index in [1.165, 1.54) is 6.92 Å². The molecular weight excluding hydrogens is 388 g/mol. The summed E-state index contributed by atoms with van der Waals surface area (Å²) in [7, 11) is -3.47. The van der Waals surface area contributed by atoms with Crippen molar-refractivity contribution in [3.63, 3.8) is 0 Å². The predicted molar refractivity (Wildman–Crippen MR) is 102 cm³/mol. The topological polar surface area (TPSA) is 73.2 Å². The average molecular weight is 413 g/mol. The number of aromatic nitrogens is 2. The Balaban J connectivity index is 1.67. The van der Waals surface area contributed by atoms with Crippen molar-refractivity contribution in [2.24, 2.45) is 5.92 Å². The zero-order valence-corrected chi connectivity index (χ0v) is 16.8. The van der Waals surface area contributed by atoms with Gasteiger partial charge in [0.25, 0.3) is 0 Å². The van der Waals surface area contributed by atoms with Crippen molar-refractivity contribution in [1.82, 2.24) is 14.5 Å². The molecule has 28 heavy (non-hydrogen) atoms. The standard InChI is InChI=1S/C19H25F2N3O3S/c1-3-28(25,26)23-18-8-10-19(20,21)12-15(18)13-27-17-6-4-16(5-7-17)24-14(2)9-11-22-24/h4-7,9,11,15,18,23H,3,8,10,12-13H2,1-2H3. The Bertz CT molecular complexity index is 897. The number of alkyl halides is 2. The van der Waals surface area contributed by atoms with Gasteiger partial charge in [0, 0.05) is 36.7 Å². The van der Waals surface area contributed by atoms with Crippen LogP contribution >= 0.6 is 0 Å². The van der Waals surface area contributed by atoms with Crippen LogP contribution < -0.4 is 9.46 Å². The fourth-order valence-corrected chi connectivity index (χ4v) is 4.34. The van der Waals surface area contributed by atoms with E-state index >= 15 is 0 Å². The molecule has 1 aromatic carbocycles. The smallest absolute Gasteiger partial charge is 0.248 e. The van der Waals surface area contributed by atoms with Gasteiger partial charge >= 0.3 is 0 Å². The maximum Gasteiger partial charge on any atom is 0.248 e. The van der Waals surface area contributed by atoms with Crippen LogP contribution in [0, 0.1) is 12.8 Å². The number of rotatable bonds is 7. The summed E-state index contributed by atoms with van der Waals surface area (Å²) in [5, 5.41) is 4.23. The molecule has 2 aromatic rings. The highest BCUT2D eigenvalue weighted by Gasteiger charge is 2.42. The van der Waals surface area contributed by atoms with Gasteiger partial charge in [0.1, 0.15) is 5.75 Å². The molecule has 0 saturated heterocycles. The summed E-state index contributed by atoms with van der Waals surface area (Å²) >= 11 is 0. The van der Waals surface area contributed by atoms with Gasteiger partial charge in [-0.25, -0.2) is 26.6 Å². The summed E-state index contributed by atoms with van der Waals surface area (Å²) in [5.74, 6) is -2.94. The van der Waals surface area contributed by atoms with Crippen molar-refractivity contribution in [2.45, 2.75) is 45.1 Å². The fraction of sp³-hybridized carbons (Fsp3) is 0.526. The minimum atomic E-state index is -3.47. The number of hydrogen-bond acceptors (Lipinski definition) is 4. The molecule has 1 aliphatic rings. The molecule has 1 heterocycles. The van der Waals surface area contributed by atoms with Crippen LogP contribution in [0.2, 0.25) is 0 Å². The lowest BCUT2D eigenvalue weighted by Crippen LogP contribution is -2.48. The number of nitrogens with one attached hydrogen (secondary N) is 1. The molecule has 1 saturated carbocycles. The summed E-state index contributed by atoms with van der Waals surface area (Å²) in [6.45, 7) is 3.49. The normalized spacial score (nSPS) is 22.1. The highest BCUT2D eigenvalue weighted by molar-refractivity contribution is 7.89. The van der Waals surface area contributed by atoms with Gasteiger partial charge in [-0.15, -0.1) is 0 Å². The summed E-state index contributed by atoms with van der Waals surface area (Å²) in [6, 6.07) is 8.52. The molecule has 1 aromatic heterocycles. The Morgan fingerprint density at radius 2 is 2.00 bits per heavy atom. The molecule has 0 radical (unpaired) electrons. The number of ether oxygens (including phenoxy) is 1. The zero-order valence-electron chi connectivity index (χ0n) is 15.9. The molecule has 154 valence electrons. The van der Waals surface area contributed by atoms with Crippen molar-refractivity contribution in [2.75, 3.05) is 12.4 Å². The van der Waals surface area contributed by atoms with Crippen molar-refractivity contribution in [3.8, 4) is 11.4 Å². The van der Waals surface area contributed by atoms with E-state index in [4.69, 9.17) is 4.74 Å². The van der Waals surface area contributed by atoms with E-state index in [9.17, 15) is 17.2 Å². The maximum atomic E-state index is 13.9. The molecule has 0 bridgehead atoms. The van der Waals surface area contributed by atoms with Crippen LogP contribution in [0.3, 0.4) is 0 Å². The van der Waals surface area contributed by atoms with Gasteiger partial charge in [0.05, 0.1) is 18.0 Å². The first-order chi connectivity index (χ1) is 13.2. The molecule has 9 heteroatoms. The van der Waals surface area contributed by atoms with Crippen LogP contribution in [0.5, 0.6) is 5.75 Å². The summed E-state index contributed by atoms with van der Waals surface area (Å²) in [5.41, 5.74) is 1.86. The molecule has 1 aliphatic carbocycles. The van der Waals surface area contributed by atoms with Crippen LogP contribution in [0.15, 0.2) is 36.5 Å². The highest BCUT2D eigenvalue weighted by atomic mass is 32.2. The first-order valence-electron chi connectivity index (χ1n) is 9.31. The van der Waals surface area contributed by atoms with Crippen LogP contribution in [0.4, 0.5) is 8.78 Å². The SMILES string of the molecule is CCS(=O)(=O)NC1CCC(F)(F)CC1COc1ccc(-n2nccc2C)cc1. The predicted octanol–water partition coefficient (Wildman–Crippen LogP) is 3.30. The number of halogens is 2. The zero-order chi connectivity index (χ0) is 20.4. The lowest BCUT2D eigenvalue weighted by atomic mass is 9.83. The fourth-order valence-electron chi connectivity index (χ4n) is 3.40. The van der Waals surface area contributed by atoms with Crippen LogP contribution in [-0.4, -0.2) is 42.5 Å². The Morgan fingerprint density at radius 1 is 1.29 bits per heavy atom. The van der Waals surface area contributed by atoms with Crippen LogP contribution in [0.1, 0.15) is 31.9 Å². The van der Waals surface area contributed by atoms with E-state index in [2.05, 4.69) is 9.82 Å². The molecule has 0 spiro atoms. The van der Waals surface area contributed by atoms with E-state index in [1.54, 1.807) is 23.0 Å². The van der Waals surface area contributed by atoms with Gasteiger partial charge in [-0.2, -0.15) is 5.10 Å². The molecule has 0 aliphatic heterocycles. The first-order valence-corrected chi connectivity index (χ1v) is 11.0. The number of benzene rings is 1. The molecule has 2 atom stereocenters. The van der Waals surface area contributed by atoms with Crippen LogP contribution in [-0.2, 0) is 10.0 Å². The maximum absolute atomic E-state index is 13.9. The van der Waals surface area contributed by atoms with Crippen molar-refractivity contribution < 1.29 is 21.9 Å². The van der Waals surface area contributed by atoms with E-state index in [-0.39, 0.29) is 25.2 Å². The number of nitrogens with zero attached hydrogens (tertiary/aromatic N) is 2. The second kappa shape index (κ2) is 8.16. The second-order valence-electron chi connectivity index (χ2n) is 7.18.